The maximum absolute atomic E-state index is 4.57. The average Bonchev–Trinajstić information content (AvgIpc) is 2.77. The molecule has 0 unspecified atom stereocenters. The topological polar surface area (TPSA) is 29.9 Å². The molecular formula is C17H24BrN3. The third-order valence-corrected chi connectivity index (χ3v) is 3.89. The van der Waals surface area contributed by atoms with Crippen LogP contribution in [-0.2, 0) is 19.5 Å². The van der Waals surface area contributed by atoms with Gasteiger partial charge in [0.1, 0.15) is 0 Å². The average molecular weight is 350 g/mol. The number of aromatic nitrogens is 2. The van der Waals surface area contributed by atoms with Crippen LogP contribution in [0.15, 0.2) is 34.9 Å². The maximum Gasteiger partial charge on any atom is 0.0663 e. The molecule has 21 heavy (non-hydrogen) atoms. The van der Waals surface area contributed by atoms with Crippen LogP contribution >= 0.6 is 15.9 Å². The third-order valence-electron chi connectivity index (χ3n) is 3.40. The number of nitrogens with one attached hydrogen (secondary N) is 1. The minimum Gasteiger partial charge on any atom is -0.308 e. The van der Waals surface area contributed by atoms with Gasteiger partial charge in [-0.15, -0.1) is 0 Å². The summed E-state index contributed by atoms with van der Waals surface area (Å²) < 4.78 is 3.22. The summed E-state index contributed by atoms with van der Waals surface area (Å²) in [4.78, 5) is 0. The predicted molar refractivity (Wildman–Crippen MR) is 91.4 cm³/mol. The Hall–Kier alpha value is -1.13. The molecular weight excluding hydrogens is 326 g/mol. The quantitative estimate of drug-likeness (QED) is 0.878. The van der Waals surface area contributed by atoms with Crippen LogP contribution in [-0.4, -0.2) is 15.3 Å². The van der Waals surface area contributed by atoms with Crippen LogP contribution in [0.1, 0.15) is 44.5 Å². The first-order valence-electron chi connectivity index (χ1n) is 7.42. The van der Waals surface area contributed by atoms with Crippen molar-refractivity contribution in [3.05, 3.63) is 51.8 Å². The van der Waals surface area contributed by atoms with Crippen molar-refractivity contribution >= 4 is 15.9 Å². The molecule has 0 radical (unpaired) electrons. The largest absolute Gasteiger partial charge is 0.308 e. The second kappa shape index (κ2) is 6.75. The van der Waals surface area contributed by atoms with Crippen LogP contribution in [0.3, 0.4) is 0 Å². The van der Waals surface area contributed by atoms with Crippen LogP contribution in [0, 0.1) is 0 Å². The molecule has 4 heteroatoms. The fourth-order valence-electron chi connectivity index (χ4n) is 2.31. The van der Waals surface area contributed by atoms with Gasteiger partial charge in [0, 0.05) is 27.8 Å². The molecule has 0 fully saturated rings. The highest BCUT2D eigenvalue weighted by Gasteiger charge is 2.13. The lowest BCUT2D eigenvalue weighted by molar-refractivity contribution is 0.423. The second-order valence-corrected chi connectivity index (χ2v) is 7.28. The number of rotatable bonds is 5. The number of nitrogens with zero attached hydrogens (tertiary/aromatic N) is 2. The van der Waals surface area contributed by atoms with Crippen molar-refractivity contribution in [3.8, 4) is 0 Å². The van der Waals surface area contributed by atoms with Gasteiger partial charge in [-0.2, -0.15) is 5.10 Å². The zero-order chi connectivity index (χ0) is 15.5. The summed E-state index contributed by atoms with van der Waals surface area (Å²) in [5.41, 5.74) is 3.99. The van der Waals surface area contributed by atoms with Gasteiger partial charge in [0.25, 0.3) is 0 Å². The molecule has 0 spiro atoms. The van der Waals surface area contributed by atoms with Gasteiger partial charge < -0.3 is 5.32 Å². The van der Waals surface area contributed by atoms with Crippen molar-refractivity contribution in [3.63, 3.8) is 0 Å². The van der Waals surface area contributed by atoms with E-state index in [1.54, 1.807) is 0 Å². The lowest BCUT2D eigenvalue weighted by Gasteiger charge is -2.20. The van der Waals surface area contributed by atoms with Crippen molar-refractivity contribution in [2.24, 2.45) is 0 Å². The summed E-state index contributed by atoms with van der Waals surface area (Å²) >= 11 is 3.52. The molecule has 0 bridgehead atoms. The molecule has 0 aliphatic carbocycles. The van der Waals surface area contributed by atoms with Crippen molar-refractivity contribution in [2.75, 3.05) is 0 Å². The second-order valence-electron chi connectivity index (χ2n) is 6.36. The normalized spacial score (nSPS) is 11.9. The summed E-state index contributed by atoms with van der Waals surface area (Å²) in [5, 5.41) is 8.11. The highest BCUT2D eigenvalue weighted by Crippen LogP contribution is 2.16. The van der Waals surface area contributed by atoms with E-state index in [0.717, 1.165) is 24.0 Å². The third kappa shape index (κ3) is 4.68. The first-order chi connectivity index (χ1) is 9.89. The number of hydrogen-bond acceptors (Lipinski definition) is 2. The maximum atomic E-state index is 4.57. The molecule has 1 N–H and O–H groups in total. The smallest absolute Gasteiger partial charge is 0.0663 e. The minimum atomic E-state index is 0.122. The first-order valence-corrected chi connectivity index (χ1v) is 8.21. The van der Waals surface area contributed by atoms with Gasteiger partial charge in [-0.25, -0.2) is 0 Å². The Labute approximate surface area is 135 Å². The molecule has 3 nitrogen and oxygen atoms in total. The van der Waals surface area contributed by atoms with Gasteiger partial charge in [0.2, 0.25) is 0 Å². The predicted octanol–water partition coefficient (Wildman–Crippen LogP) is 4.14. The van der Waals surface area contributed by atoms with Gasteiger partial charge in [-0.05, 0) is 44.9 Å². The van der Waals surface area contributed by atoms with Crippen molar-refractivity contribution in [1.82, 2.24) is 15.1 Å². The van der Waals surface area contributed by atoms with E-state index in [4.69, 9.17) is 0 Å². The van der Waals surface area contributed by atoms with Crippen molar-refractivity contribution in [1.29, 1.82) is 0 Å². The van der Waals surface area contributed by atoms with Crippen LogP contribution in [0.25, 0.3) is 0 Å². The number of halogens is 1. The molecule has 2 rings (SSSR count). The molecule has 2 aromatic rings. The van der Waals surface area contributed by atoms with Crippen molar-refractivity contribution in [2.45, 2.75) is 52.7 Å². The summed E-state index contributed by atoms with van der Waals surface area (Å²) in [7, 11) is 0. The van der Waals surface area contributed by atoms with Gasteiger partial charge in [-0.3, -0.25) is 4.68 Å². The zero-order valence-electron chi connectivity index (χ0n) is 13.3. The minimum absolute atomic E-state index is 0.122. The molecule has 0 aliphatic rings. The number of hydrogen-bond donors (Lipinski definition) is 1. The molecule has 0 atom stereocenters. The van der Waals surface area contributed by atoms with E-state index in [-0.39, 0.29) is 5.54 Å². The molecule has 114 valence electrons. The van der Waals surface area contributed by atoms with Crippen molar-refractivity contribution < 1.29 is 0 Å². The van der Waals surface area contributed by atoms with Crippen LogP contribution in [0.5, 0.6) is 0 Å². The monoisotopic (exact) mass is 349 g/mol. The van der Waals surface area contributed by atoms with Crippen LogP contribution in [0.2, 0.25) is 0 Å². The highest BCUT2D eigenvalue weighted by atomic mass is 79.9. The van der Waals surface area contributed by atoms with Gasteiger partial charge in [0.05, 0.1) is 12.7 Å². The SMILES string of the molecule is CCc1c(CNC(C)(C)C)cnn1Cc1cccc(Br)c1. The van der Waals surface area contributed by atoms with E-state index in [0.29, 0.717) is 0 Å². The van der Waals surface area contributed by atoms with E-state index >= 15 is 0 Å². The molecule has 1 aromatic heterocycles. The Bertz CT molecular complexity index is 596. The van der Waals surface area contributed by atoms with Gasteiger partial charge >= 0.3 is 0 Å². The Balaban J connectivity index is 2.15. The molecule has 0 saturated heterocycles. The fourth-order valence-corrected chi connectivity index (χ4v) is 2.76. The summed E-state index contributed by atoms with van der Waals surface area (Å²) in [6.07, 6.45) is 2.99. The summed E-state index contributed by atoms with van der Waals surface area (Å²) in [6, 6.07) is 8.40. The van der Waals surface area contributed by atoms with Gasteiger partial charge in [0.15, 0.2) is 0 Å². The van der Waals surface area contributed by atoms with E-state index in [1.807, 2.05) is 12.3 Å². The number of benzene rings is 1. The Morgan fingerprint density at radius 1 is 1.29 bits per heavy atom. The fraction of sp³-hybridized carbons (Fsp3) is 0.471. The standard InChI is InChI=1S/C17H24BrN3/c1-5-16-14(10-19-17(2,3)4)11-20-21(16)12-13-7-6-8-15(18)9-13/h6-9,11,19H,5,10,12H2,1-4H3. The van der Waals surface area contributed by atoms with E-state index in [1.165, 1.54) is 16.8 Å². The van der Waals surface area contributed by atoms with E-state index < -0.39 is 0 Å². The lowest BCUT2D eigenvalue weighted by Crippen LogP contribution is -2.35. The Morgan fingerprint density at radius 3 is 2.67 bits per heavy atom. The zero-order valence-corrected chi connectivity index (χ0v) is 14.9. The van der Waals surface area contributed by atoms with Gasteiger partial charge in [-0.1, -0.05) is 35.0 Å². The first kappa shape index (κ1) is 16.2. The summed E-state index contributed by atoms with van der Waals surface area (Å²) in [5.74, 6) is 0. The lowest BCUT2D eigenvalue weighted by atomic mass is 10.1. The molecule has 1 aromatic carbocycles. The Morgan fingerprint density at radius 2 is 2.05 bits per heavy atom. The van der Waals surface area contributed by atoms with E-state index in [2.05, 4.69) is 76.9 Å². The van der Waals surface area contributed by atoms with E-state index in [9.17, 15) is 0 Å². The molecule has 0 aliphatic heterocycles. The highest BCUT2D eigenvalue weighted by molar-refractivity contribution is 9.10. The van der Waals surface area contributed by atoms with Crippen LogP contribution in [0.4, 0.5) is 0 Å². The molecule has 0 amide bonds. The molecule has 0 saturated carbocycles. The summed E-state index contributed by atoms with van der Waals surface area (Å²) in [6.45, 7) is 10.4. The van der Waals surface area contributed by atoms with Crippen LogP contribution < -0.4 is 5.32 Å². The Kier molecular flexibility index (Phi) is 5.22. The molecule has 1 heterocycles.